The van der Waals surface area contributed by atoms with Crippen LogP contribution in [0.25, 0.3) is 0 Å². The minimum Gasteiger partial charge on any atom is -0.387 e. The Morgan fingerprint density at radius 1 is 1.59 bits per heavy atom. The van der Waals surface area contributed by atoms with Gasteiger partial charge in [0.2, 0.25) is 0 Å². The van der Waals surface area contributed by atoms with Gasteiger partial charge in [0.05, 0.1) is 29.8 Å². The van der Waals surface area contributed by atoms with E-state index >= 15 is 0 Å². The molecule has 1 aromatic rings. The summed E-state index contributed by atoms with van der Waals surface area (Å²) in [7, 11) is 1.76. The second kappa shape index (κ2) is 5.47. The molecule has 1 aromatic heterocycles. The largest absolute Gasteiger partial charge is 0.387 e. The van der Waals surface area contributed by atoms with E-state index in [0.29, 0.717) is 12.5 Å². The van der Waals surface area contributed by atoms with Gasteiger partial charge in [0.1, 0.15) is 0 Å². The highest BCUT2D eigenvalue weighted by Crippen LogP contribution is 2.22. The maximum atomic E-state index is 9.67. The predicted molar refractivity (Wildman–Crippen MR) is 67.1 cm³/mol. The van der Waals surface area contributed by atoms with Crippen molar-refractivity contribution in [3.05, 3.63) is 24.0 Å². The topological polar surface area (TPSA) is 45.6 Å². The Balaban J connectivity index is 2.03. The first kappa shape index (κ1) is 12.3. The van der Waals surface area contributed by atoms with E-state index in [0.717, 1.165) is 30.9 Å². The van der Waals surface area contributed by atoms with Gasteiger partial charge in [-0.3, -0.25) is 4.98 Å². The summed E-state index contributed by atoms with van der Waals surface area (Å²) in [5, 5.41) is 9.67. The predicted octanol–water partition coefficient (Wildman–Crippen LogP) is 1.75. The third kappa shape index (κ3) is 2.76. The Bertz CT molecular complexity index is 353. The number of aliphatic hydroxyl groups is 1. The number of anilines is 1. The normalized spacial score (nSPS) is 21.8. The molecule has 0 bridgehead atoms. The first-order valence-corrected chi connectivity index (χ1v) is 6.16. The van der Waals surface area contributed by atoms with Gasteiger partial charge in [-0.05, 0) is 25.0 Å². The smallest absolute Gasteiger partial charge is 0.0957 e. The van der Waals surface area contributed by atoms with Gasteiger partial charge < -0.3 is 14.7 Å². The number of rotatable bonds is 4. The van der Waals surface area contributed by atoms with E-state index in [1.807, 2.05) is 25.3 Å². The molecule has 0 saturated carbocycles. The van der Waals surface area contributed by atoms with Crippen molar-refractivity contribution in [2.45, 2.75) is 32.0 Å². The molecule has 2 heterocycles. The van der Waals surface area contributed by atoms with E-state index in [9.17, 15) is 5.11 Å². The third-order valence-corrected chi connectivity index (χ3v) is 3.34. The number of aliphatic hydroxyl groups excluding tert-OH is 1. The van der Waals surface area contributed by atoms with Crippen LogP contribution >= 0.6 is 0 Å². The second-order valence-corrected chi connectivity index (χ2v) is 4.46. The zero-order valence-electron chi connectivity index (χ0n) is 10.5. The van der Waals surface area contributed by atoms with Gasteiger partial charge in [-0.15, -0.1) is 0 Å². The Morgan fingerprint density at radius 2 is 2.41 bits per heavy atom. The number of methoxy groups -OCH3 is 1. The van der Waals surface area contributed by atoms with Crippen molar-refractivity contribution in [1.82, 2.24) is 4.98 Å². The number of nitrogens with zero attached hydrogens (tertiary/aromatic N) is 2. The molecule has 1 aliphatic rings. The average Bonchev–Trinajstić information content (AvgIpc) is 2.87. The van der Waals surface area contributed by atoms with Gasteiger partial charge in [0.25, 0.3) is 0 Å². The molecule has 4 nitrogen and oxygen atoms in total. The summed E-state index contributed by atoms with van der Waals surface area (Å²) in [6.45, 7) is 3.88. The molecule has 94 valence electrons. The van der Waals surface area contributed by atoms with Gasteiger partial charge in [-0.1, -0.05) is 6.92 Å². The Hall–Kier alpha value is -1.13. The average molecular weight is 236 g/mol. The highest BCUT2D eigenvalue weighted by molar-refractivity contribution is 5.46. The van der Waals surface area contributed by atoms with Crippen LogP contribution in [0.5, 0.6) is 0 Å². The van der Waals surface area contributed by atoms with E-state index in [4.69, 9.17) is 4.74 Å². The molecular formula is C13H20N2O2. The third-order valence-electron chi connectivity index (χ3n) is 3.34. The molecule has 1 N–H and O–H groups in total. The Morgan fingerprint density at radius 3 is 2.94 bits per heavy atom. The van der Waals surface area contributed by atoms with Gasteiger partial charge in [-0.2, -0.15) is 0 Å². The lowest BCUT2D eigenvalue weighted by Gasteiger charge is -2.18. The lowest BCUT2D eigenvalue weighted by atomic mass is 10.2. The molecular weight excluding hydrogens is 216 g/mol. The molecule has 1 saturated heterocycles. The van der Waals surface area contributed by atoms with E-state index in [-0.39, 0.29) is 0 Å². The Labute approximate surface area is 102 Å². The number of hydrogen-bond donors (Lipinski definition) is 1. The number of ether oxygens (including phenoxy) is 1. The molecule has 4 heteroatoms. The van der Waals surface area contributed by atoms with Crippen molar-refractivity contribution in [1.29, 1.82) is 0 Å². The zero-order chi connectivity index (χ0) is 12.3. The maximum absolute atomic E-state index is 9.67. The van der Waals surface area contributed by atoms with Crippen molar-refractivity contribution in [2.24, 2.45) is 0 Å². The first-order chi connectivity index (χ1) is 8.24. The molecule has 1 unspecified atom stereocenters. The number of hydrogen-bond acceptors (Lipinski definition) is 4. The lowest BCUT2D eigenvalue weighted by Crippen LogP contribution is -2.22. The van der Waals surface area contributed by atoms with Crippen LogP contribution in [0.3, 0.4) is 0 Å². The van der Waals surface area contributed by atoms with Crippen LogP contribution in [-0.4, -0.2) is 36.4 Å². The van der Waals surface area contributed by atoms with Crippen molar-refractivity contribution in [3.8, 4) is 0 Å². The highest BCUT2D eigenvalue weighted by Gasteiger charge is 2.22. The van der Waals surface area contributed by atoms with Crippen molar-refractivity contribution >= 4 is 5.69 Å². The molecule has 2 atom stereocenters. The quantitative estimate of drug-likeness (QED) is 0.865. The molecule has 1 aliphatic heterocycles. The molecule has 2 rings (SSSR count). The molecule has 1 fully saturated rings. The van der Waals surface area contributed by atoms with Gasteiger partial charge in [-0.25, -0.2) is 0 Å². The van der Waals surface area contributed by atoms with Crippen LogP contribution in [0.2, 0.25) is 0 Å². The molecule has 0 amide bonds. The molecule has 0 spiro atoms. The van der Waals surface area contributed by atoms with E-state index < -0.39 is 6.10 Å². The zero-order valence-corrected chi connectivity index (χ0v) is 10.5. The van der Waals surface area contributed by atoms with Crippen LogP contribution in [0, 0.1) is 0 Å². The molecule has 17 heavy (non-hydrogen) atoms. The van der Waals surface area contributed by atoms with Crippen LogP contribution in [-0.2, 0) is 4.74 Å². The van der Waals surface area contributed by atoms with E-state index in [1.165, 1.54) is 0 Å². The van der Waals surface area contributed by atoms with Crippen LogP contribution < -0.4 is 4.90 Å². The minimum absolute atomic E-state index is 0.330. The fraction of sp³-hybridized carbons (Fsp3) is 0.615. The van der Waals surface area contributed by atoms with E-state index in [1.54, 1.807) is 7.11 Å². The molecule has 0 aromatic carbocycles. The fourth-order valence-corrected chi connectivity index (χ4v) is 2.15. The van der Waals surface area contributed by atoms with E-state index in [2.05, 4.69) is 9.88 Å². The summed E-state index contributed by atoms with van der Waals surface area (Å²) in [6.07, 6.45) is 3.48. The standard InChI is InChI=1S/C13H20N2O2/c1-3-13(16)12-5-4-10(8-14-12)15-7-6-11(9-15)17-2/h4-5,8,11,13,16H,3,6-7,9H2,1-2H3/t11?,13-/m1/s1. The highest BCUT2D eigenvalue weighted by atomic mass is 16.5. The summed E-state index contributed by atoms with van der Waals surface area (Å²) < 4.78 is 5.34. The Kier molecular flexibility index (Phi) is 3.97. The van der Waals surface area contributed by atoms with Crippen LogP contribution in [0.4, 0.5) is 5.69 Å². The molecule has 0 aliphatic carbocycles. The lowest BCUT2D eigenvalue weighted by molar-refractivity contribution is 0.121. The SMILES string of the molecule is CC[C@@H](O)c1ccc(N2CCC(OC)C2)cn1. The summed E-state index contributed by atoms with van der Waals surface area (Å²) in [4.78, 5) is 6.58. The molecule has 0 radical (unpaired) electrons. The maximum Gasteiger partial charge on any atom is 0.0957 e. The van der Waals surface area contributed by atoms with Crippen LogP contribution in [0.1, 0.15) is 31.6 Å². The van der Waals surface area contributed by atoms with Crippen LogP contribution in [0.15, 0.2) is 18.3 Å². The summed E-state index contributed by atoms with van der Waals surface area (Å²) in [5.41, 5.74) is 1.86. The van der Waals surface area contributed by atoms with Crippen molar-refractivity contribution in [3.63, 3.8) is 0 Å². The number of aromatic nitrogens is 1. The first-order valence-electron chi connectivity index (χ1n) is 6.16. The summed E-state index contributed by atoms with van der Waals surface area (Å²) in [5.74, 6) is 0. The fourth-order valence-electron chi connectivity index (χ4n) is 2.15. The van der Waals surface area contributed by atoms with Gasteiger partial charge in [0, 0.05) is 20.2 Å². The van der Waals surface area contributed by atoms with Gasteiger partial charge >= 0.3 is 0 Å². The number of pyridine rings is 1. The van der Waals surface area contributed by atoms with Crippen molar-refractivity contribution in [2.75, 3.05) is 25.1 Å². The minimum atomic E-state index is -0.450. The summed E-state index contributed by atoms with van der Waals surface area (Å²) in [6, 6.07) is 3.93. The monoisotopic (exact) mass is 236 g/mol. The summed E-state index contributed by atoms with van der Waals surface area (Å²) >= 11 is 0. The van der Waals surface area contributed by atoms with Crippen molar-refractivity contribution < 1.29 is 9.84 Å². The van der Waals surface area contributed by atoms with Gasteiger partial charge in [0.15, 0.2) is 0 Å². The second-order valence-electron chi connectivity index (χ2n) is 4.46.